The number of carbonyl (C=O) groups is 1. The minimum atomic E-state index is -0.0441. The summed E-state index contributed by atoms with van der Waals surface area (Å²) in [5.41, 5.74) is 2.10. The van der Waals surface area contributed by atoms with Crippen LogP contribution >= 0.6 is 0 Å². The molecule has 24 heavy (non-hydrogen) atoms. The Morgan fingerprint density at radius 1 is 1.29 bits per heavy atom. The molecule has 1 fully saturated rings. The van der Waals surface area contributed by atoms with E-state index in [0.29, 0.717) is 6.04 Å². The van der Waals surface area contributed by atoms with E-state index in [-0.39, 0.29) is 5.91 Å². The van der Waals surface area contributed by atoms with Gasteiger partial charge in [-0.25, -0.2) is 9.97 Å². The minimum Gasteiger partial charge on any atom is -0.366 e. The molecule has 0 aliphatic carbocycles. The van der Waals surface area contributed by atoms with Crippen LogP contribution in [-0.2, 0) is 11.3 Å². The maximum Gasteiger partial charge on any atom is 0.221 e. The van der Waals surface area contributed by atoms with Crippen LogP contribution in [0.4, 0.5) is 11.5 Å². The van der Waals surface area contributed by atoms with E-state index in [1.165, 1.54) is 18.9 Å². The van der Waals surface area contributed by atoms with Gasteiger partial charge in [-0.2, -0.15) is 0 Å². The Labute approximate surface area is 142 Å². The quantitative estimate of drug-likeness (QED) is 0.884. The lowest BCUT2D eigenvalue weighted by Crippen LogP contribution is -2.41. The molecule has 2 heterocycles. The van der Waals surface area contributed by atoms with Gasteiger partial charge in [0.15, 0.2) is 0 Å². The SMILES string of the molecule is CC(=O)Nc1ccc(CN2CCCC(Nc3ccncn3)C2)cc1. The summed E-state index contributed by atoms with van der Waals surface area (Å²) >= 11 is 0. The smallest absolute Gasteiger partial charge is 0.221 e. The molecule has 6 heteroatoms. The molecule has 2 aromatic rings. The number of benzene rings is 1. The summed E-state index contributed by atoms with van der Waals surface area (Å²) in [4.78, 5) is 21.7. The van der Waals surface area contributed by atoms with Gasteiger partial charge in [0, 0.05) is 37.9 Å². The minimum absolute atomic E-state index is 0.0441. The van der Waals surface area contributed by atoms with Crippen molar-refractivity contribution in [2.24, 2.45) is 0 Å². The molecule has 0 spiro atoms. The number of aromatic nitrogens is 2. The summed E-state index contributed by atoms with van der Waals surface area (Å²) in [5, 5.41) is 6.28. The van der Waals surface area contributed by atoms with Crippen molar-refractivity contribution in [3.63, 3.8) is 0 Å². The molecule has 0 radical (unpaired) electrons. The molecule has 0 bridgehead atoms. The molecule has 1 aliphatic rings. The number of piperidine rings is 1. The Morgan fingerprint density at radius 3 is 2.83 bits per heavy atom. The third kappa shape index (κ3) is 4.76. The third-order valence-electron chi connectivity index (χ3n) is 4.12. The van der Waals surface area contributed by atoms with Gasteiger partial charge in [-0.05, 0) is 43.1 Å². The molecule has 1 aromatic heterocycles. The highest BCUT2D eigenvalue weighted by atomic mass is 16.1. The Morgan fingerprint density at radius 2 is 2.12 bits per heavy atom. The first-order valence-electron chi connectivity index (χ1n) is 8.30. The van der Waals surface area contributed by atoms with Crippen LogP contribution in [-0.4, -0.2) is 39.9 Å². The number of amides is 1. The number of carbonyl (C=O) groups excluding carboxylic acids is 1. The van der Waals surface area contributed by atoms with Crippen molar-refractivity contribution in [2.75, 3.05) is 23.7 Å². The molecule has 1 aromatic carbocycles. The number of anilines is 2. The Kier molecular flexibility index (Phi) is 5.38. The van der Waals surface area contributed by atoms with Gasteiger partial charge in [0.05, 0.1) is 0 Å². The van der Waals surface area contributed by atoms with Crippen molar-refractivity contribution in [3.05, 3.63) is 48.4 Å². The Balaban J connectivity index is 1.54. The van der Waals surface area contributed by atoms with Crippen LogP contribution in [0.1, 0.15) is 25.3 Å². The van der Waals surface area contributed by atoms with Gasteiger partial charge in [0.25, 0.3) is 0 Å². The highest BCUT2D eigenvalue weighted by Crippen LogP contribution is 2.18. The Bertz CT molecular complexity index is 659. The van der Waals surface area contributed by atoms with Gasteiger partial charge in [-0.1, -0.05) is 12.1 Å². The topological polar surface area (TPSA) is 70.2 Å². The van der Waals surface area contributed by atoms with Gasteiger partial charge >= 0.3 is 0 Å². The molecular weight excluding hydrogens is 302 g/mol. The van der Waals surface area contributed by atoms with Gasteiger partial charge < -0.3 is 10.6 Å². The molecule has 3 rings (SSSR count). The van der Waals surface area contributed by atoms with Crippen LogP contribution in [0.15, 0.2) is 42.9 Å². The molecule has 1 saturated heterocycles. The van der Waals surface area contributed by atoms with E-state index in [1.807, 2.05) is 18.2 Å². The Hall–Kier alpha value is -2.47. The fraction of sp³-hybridized carbons (Fsp3) is 0.389. The molecule has 6 nitrogen and oxygen atoms in total. The summed E-state index contributed by atoms with van der Waals surface area (Å²) in [6.45, 7) is 4.54. The standard InChI is InChI=1S/C18H23N5O/c1-14(24)21-16-6-4-15(5-7-16)11-23-10-2-3-17(12-23)22-18-8-9-19-13-20-18/h4-9,13,17H,2-3,10-12H2,1H3,(H,21,24)(H,19,20,22). The zero-order valence-electron chi connectivity index (χ0n) is 13.9. The second-order valence-electron chi connectivity index (χ2n) is 6.19. The summed E-state index contributed by atoms with van der Waals surface area (Å²) in [7, 11) is 0. The average Bonchev–Trinajstić information content (AvgIpc) is 2.57. The molecule has 1 amide bonds. The van der Waals surface area contributed by atoms with Gasteiger partial charge in [-0.3, -0.25) is 9.69 Å². The predicted molar refractivity (Wildman–Crippen MR) is 94.7 cm³/mol. The normalized spacial score (nSPS) is 18.1. The molecular formula is C18H23N5O. The lowest BCUT2D eigenvalue weighted by Gasteiger charge is -2.33. The zero-order chi connectivity index (χ0) is 16.8. The number of likely N-dealkylation sites (tertiary alicyclic amines) is 1. The number of hydrogen-bond acceptors (Lipinski definition) is 5. The van der Waals surface area contributed by atoms with Crippen LogP contribution < -0.4 is 10.6 Å². The van der Waals surface area contributed by atoms with E-state index < -0.39 is 0 Å². The number of nitrogens with zero attached hydrogens (tertiary/aromatic N) is 3. The van der Waals surface area contributed by atoms with Gasteiger partial charge in [0.2, 0.25) is 5.91 Å². The van der Waals surface area contributed by atoms with Crippen LogP contribution in [0.5, 0.6) is 0 Å². The molecule has 1 aliphatic heterocycles. The lowest BCUT2D eigenvalue weighted by molar-refractivity contribution is -0.114. The fourth-order valence-corrected chi connectivity index (χ4v) is 3.06. The van der Waals surface area contributed by atoms with Crippen molar-refractivity contribution in [3.8, 4) is 0 Å². The zero-order valence-corrected chi connectivity index (χ0v) is 13.9. The van der Waals surface area contributed by atoms with Crippen LogP contribution in [0.25, 0.3) is 0 Å². The maximum atomic E-state index is 11.1. The number of nitrogens with one attached hydrogen (secondary N) is 2. The van der Waals surface area contributed by atoms with Crippen molar-refractivity contribution in [2.45, 2.75) is 32.4 Å². The van der Waals surface area contributed by atoms with Crippen molar-refractivity contribution in [1.29, 1.82) is 0 Å². The molecule has 0 saturated carbocycles. The fourth-order valence-electron chi connectivity index (χ4n) is 3.06. The van der Waals surface area contributed by atoms with E-state index >= 15 is 0 Å². The van der Waals surface area contributed by atoms with E-state index in [2.05, 4.69) is 37.6 Å². The van der Waals surface area contributed by atoms with Crippen molar-refractivity contribution in [1.82, 2.24) is 14.9 Å². The molecule has 2 N–H and O–H groups in total. The molecule has 126 valence electrons. The van der Waals surface area contributed by atoms with Crippen LogP contribution in [0.3, 0.4) is 0 Å². The summed E-state index contributed by atoms with van der Waals surface area (Å²) in [5.74, 6) is 0.842. The largest absolute Gasteiger partial charge is 0.366 e. The first-order chi connectivity index (χ1) is 11.7. The van der Waals surface area contributed by atoms with Gasteiger partial charge in [-0.15, -0.1) is 0 Å². The summed E-state index contributed by atoms with van der Waals surface area (Å²) in [6, 6.07) is 10.4. The van der Waals surface area contributed by atoms with E-state index in [1.54, 1.807) is 12.5 Å². The summed E-state index contributed by atoms with van der Waals surface area (Å²) in [6.07, 6.45) is 5.65. The average molecular weight is 325 g/mol. The predicted octanol–water partition coefficient (Wildman–Crippen LogP) is 2.51. The van der Waals surface area contributed by atoms with Crippen molar-refractivity contribution < 1.29 is 4.79 Å². The number of rotatable bonds is 5. The van der Waals surface area contributed by atoms with Crippen LogP contribution in [0.2, 0.25) is 0 Å². The third-order valence-corrected chi connectivity index (χ3v) is 4.12. The van der Waals surface area contributed by atoms with E-state index in [4.69, 9.17) is 0 Å². The highest BCUT2D eigenvalue weighted by molar-refractivity contribution is 5.88. The highest BCUT2D eigenvalue weighted by Gasteiger charge is 2.20. The van der Waals surface area contributed by atoms with Crippen LogP contribution in [0, 0.1) is 0 Å². The van der Waals surface area contributed by atoms with Gasteiger partial charge in [0.1, 0.15) is 12.1 Å². The van der Waals surface area contributed by atoms with E-state index in [0.717, 1.165) is 37.6 Å². The first kappa shape index (κ1) is 16.4. The molecule has 1 atom stereocenters. The van der Waals surface area contributed by atoms with E-state index in [9.17, 15) is 4.79 Å². The molecule has 1 unspecified atom stereocenters. The first-order valence-corrected chi connectivity index (χ1v) is 8.30. The lowest BCUT2D eigenvalue weighted by atomic mass is 10.0. The second-order valence-corrected chi connectivity index (χ2v) is 6.19. The van der Waals surface area contributed by atoms with Crippen molar-refractivity contribution >= 4 is 17.4 Å². The second kappa shape index (κ2) is 7.88. The monoisotopic (exact) mass is 325 g/mol. The number of hydrogen-bond donors (Lipinski definition) is 2. The summed E-state index contributed by atoms with van der Waals surface area (Å²) < 4.78 is 0. The maximum absolute atomic E-state index is 11.1.